The van der Waals surface area contributed by atoms with Gasteiger partial charge in [0.1, 0.15) is 0 Å². The van der Waals surface area contributed by atoms with Crippen molar-refractivity contribution in [1.82, 2.24) is 0 Å². The molecule has 0 unspecified atom stereocenters. The van der Waals surface area contributed by atoms with Gasteiger partial charge in [-0.25, -0.2) is 0 Å². The van der Waals surface area contributed by atoms with Gasteiger partial charge in [-0.2, -0.15) is 26.3 Å². The number of carbonyl (C=O) groups excluding carboxylic acids is 2. The van der Waals surface area contributed by atoms with Gasteiger partial charge < -0.3 is 10.6 Å². The molecule has 0 aliphatic carbocycles. The van der Waals surface area contributed by atoms with Crippen LogP contribution >= 0.6 is 60.6 Å². The van der Waals surface area contributed by atoms with Gasteiger partial charge in [0.25, 0.3) is 0 Å². The molecule has 0 atom stereocenters. The quantitative estimate of drug-likeness (QED) is 0.136. The molecule has 5 nitrogen and oxygen atoms in total. The second-order valence-corrected chi connectivity index (χ2v) is 8.54. The van der Waals surface area contributed by atoms with E-state index < -0.39 is 24.2 Å². The van der Waals surface area contributed by atoms with E-state index in [0.29, 0.717) is 16.5 Å². The Hall–Kier alpha value is -1.39. The van der Waals surface area contributed by atoms with Crippen LogP contribution in [-0.4, -0.2) is 31.8 Å². The molecule has 2 N–H and O–H groups in total. The van der Waals surface area contributed by atoms with Crippen LogP contribution in [0.3, 0.4) is 0 Å². The predicted molar refractivity (Wildman–Crippen MR) is 132 cm³/mol. The minimum absolute atomic E-state index is 0.141. The van der Waals surface area contributed by atoms with Gasteiger partial charge in [-0.05, 0) is 54.4 Å². The number of alkyl halides is 7. The van der Waals surface area contributed by atoms with Crippen molar-refractivity contribution in [3.05, 3.63) is 56.5 Å². The Morgan fingerprint density at radius 2 is 1.29 bits per heavy atom. The van der Waals surface area contributed by atoms with Crippen LogP contribution in [0.25, 0.3) is 0 Å². The average molecular weight is 701 g/mol. The molecule has 2 aromatic carbocycles. The summed E-state index contributed by atoms with van der Waals surface area (Å²) < 4.78 is 76.0. The molecule has 34 heavy (non-hydrogen) atoms. The zero-order valence-electron chi connectivity index (χ0n) is 16.9. The summed E-state index contributed by atoms with van der Waals surface area (Å²) in [6.45, 7) is 1.61. The van der Waals surface area contributed by atoms with E-state index in [9.17, 15) is 35.9 Å². The molecule has 2 rings (SSSR count). The summed E-state index contributed by atoms with van der Waals surface area (Å²) in [6, 6.07) is 9.16. The van der Waals surface area contributed by atoms with Crippen LogP contribution in [0.15, 0.2) is 49.6 Å². The van der Waals surface area contributed by atoms with E-state index in [-0.39, 0.29) is 11.4 Å². The third-order valence-electron chi connectivity index (χ3n) is 3.41. The zero-order valence-corrected chi connectivity index (χ0v) is 22.5. The predicted octanol–water partition coefficient (Wildman–Crippen LogP) is 7.29. The number of rotatable bonds is 3. The number of nitrogens with zero attached hydrogens (tertiary/aromatic N) is 1. The molecule has 2 amide bonds. The van der Waals surface area contributed by atoms with Crippen molar-refractivity contribution >= 4 is 91.4 Å². The number of hydrogen-bond acceptors (Lipinski definition) is 4. The summed E-state index contributed by atoms with van der Waals surface area (Å²) >= 11 is 12.7. The van der Waals surface area contributed by atoms with Gasteiger partial charge in [0, 0.05) is 25.7 Å². The summed E-state index contributed by atoms with van der Waals surface area (Å²) in [6.07, 6.45) is -9.74. The number of amides is 2. The Morgan fingerprint density at radius 1 is 0.912 bits per heavy atom. The molecule has 0 heterocycles. The molecule has 0 spiro atoms. The number of carbonyl (C=O) groups is 2. The van der Waals surface area contributed by atoms with Crippen LogP contribution < -0.4 is 10.6 Å². The van der Waals surface area contributed by atoms with E-state index in [2.05, 4.69) is 72.5 Å². The van der Waals surface area contributed by atoms with Crippen molar-refractivity contribution in [1.29, 1.82) is 0 Å². The standard InChI is InChI=1S/C9H6Br2F3NO.C9H7BrF3NO.BHNS/c10-4-5-3-6(11)1-2-7(5)15-8(16)9(12,13)14;1-5-4-6(10)2-3-7(5)14-8(15)9(11,12)13;1-2-3/h1-3H,4H2,(H,15,16);2-4H,1H3,(H,14,15);3H. The average Bonchev–Trinajstić information content (AvgIpc) is 2.71. The second kappa shape index (κ2) is 14.9. The fourth-order valence-electron chi connectivity index (χ4n) is 1.95. The Bertz CT molecular complexity index is 1010. The topological polar surface area (TPSA) is 70.6 Å². The zero-order chi connectivity index (χ0) is 26.7. The van der Waals surface area contributed by atoms with Gasteiger partial charge in [0.05, 0.1) is 0 Å². The second-order valence-electron chi connectivity index (χ2n) is 5.91. The molecule has 0 aliphatic heterocycles. The maximum atomic E-state index is 12.0. The van der Waals surface area contributed by atoms with Crippen molar-refractivity contribution < 1.29 is 35.9 Å². The van der Waals surface area contributed by atoms with Gasteiger partial charge >= 0.3 is 48.9 Å². The number of benzene rings is 2. The van der Waals surface area contributed by atoms with Gasteiger partial charge in [-0.1, -0.05) is 47.8 Å². The molecule has 1 radical (unpaired) electrons. The van der Waals surface area contributed by atoms with Crippen molar-refractivity contribution in [3.8, 4) is 0 Å². The van der Waals surface area contributed by atoms with Gasteiger partial charge in [0.2, 0.25) is 0 Å². The van der Waals surface area contributed by atoms with Crippen molar-refractivity contribution in [2.24, 2.45) is 4.30 Å². The Morgan fingerprint density at radius 3 is 1.68 bits per heavy atom. The van der Waals surface area contributed by atoms with Gasteiger partial charge in [0.15, 0.2) is 0 Å². The summed E-state index contributed by atoms with van der Waals surface area (Å²) in [7, 11) is 4.34. The van der Waals surface area contributed by atoms with E-state index in [0.717, 1.165) is 8.95 Å². The first-order valence-electron chi connectivity index (χ1n) is 8.48. The molecular formula is C18H14BBr3F6N3O2S. The Kier molecular flexibility index (Phi) is 14.3. The number of thiol groups is 1. The Labute approximate surface area is 222 Å². The Balaban J connectivity index is 0.000000575. The molecule has 0 fully saturated rings. The third kappa shape index (κ3) is 12.4. The summed E-state index contributed by atoms with van der Waals surface area (Å²) in [5.74, 6) is -3.94. The monoisotopic (exact) mass is 698 g/mol. The molecule has 185 valence electrons. The maximum absolute atomic E-state index is 12.0. The normalized spacial score (nSPS) is 10.6. The fraction of sp³-hybridized carbons (Fsp3) is 0.222. The van der Waals surface area contributed by atoms with Crippen LogP contribution in [0, 0.1) is 6.92 Å². The van der Waals surface area contributed by atoms with Crippen LogP contribution in [0.5, 0.6) is 0 Å². The van der Waals surface area contributed by atoms with E-state index in [1.54, 1.807) is 36.5 Å². The molecule has 0 bridgehead atoms. The molecule has 0 aliphatic rings. The van der Waals surface area contributed by atoms with E-state index in [4.69, 9.17) is 0 Å². The summed E-state index contributed by atoms with van der Waals surface area (Å²) in [5.41, 5.74) is 1.41. The number of hydrogen-bond donors (Lipinski definition) is 3. The van der Waals surface area contributed by atoms with Crippen LogP contribution in [-0.2, 0) is 14.9 Å². The summed E-state index contributed by atoms with van der Waals surface area (Å²) in [5, 5.41) is 3.95. The van der Waals surface area contributed by atoms with Crippen LogP contribution in [0.1, 0.15) is 11.1 Å². The first-order valence-corrected chi connectivity index (χ1v) is 11.6. The third-order valence-corrected chi connectivity index (χ3v) is 5.00. The molecule has 16 heteroatoms. The van der Waals surface area contributed by atoms with Crippen LogP contribution in [0.4, 0.5) is 37.7 Å². The first kappa shape index (κ1) is 32.6. The van der Waals surface area contributed by atoms with Gasteiger partial charge in [-0.3, -0.25) is 9.59 Å². The van der Waals surface area contributed by atoms with Crippen molar-refractivity contribution in [2.45, 2.75) is 24.6 Å². The molecular weight excluding hydrogens is 687 g/mol. The number of anilines is 2. The minimum atomic E-state index is -4.88. The SMILES string of the molecule is Cc1cc(Br)ccc1NC(=O)C(F)(F)F.O=C(Nc1ccc(Br)cc1CBr)C(F)(F)F.[B]=NS. The molecule has 0 saturated carbocycles. The number of halogens is 9. The molecule has 2 aromatic rings. The summed E-state index contributed by atoms with van der Waals surface area (Å²) in [4.78, 5) is 21.3. The molecule has 0 aromatic heterocycles. The number of aryl methyl sites for hydroxylation is 1. The van der Waals surface area contributed by atoms with E-state index >= 15 is 0 Å². The van der Waals surface area contributed by atoms with Gasteiger partial charge in [-0.15, -0.1) is 0 Å². The first-order chi connectivity index (χ1) is 15.6. The van der Waals surface area contributed by atoms with E-state index in [1.165, 1.54) is 12.1 Å². The number of nitrogens with one attached hydrogen (secondary N) is 2. The van der Waals surface area contributed by atoms with Crippen molar-refractivity contribution in [2.75, 3.05) is 10.6 Å². The van der Waals surface area contributed by atoms with E-state index in [1.807, 2.05) is 5.32 Å². The fourth-order valence-corrected chi connectivity index (χ4v) is 3.30. The molecule has 0 saturated heterocycles. The van der Waals surface area contributed by atoms with Crippen molar-refractivity contribution in [3.63, 3.8) is 0 Å². The van der Waals surface area contributed by atoms with Crippen LogP contribution in [0.2, 0.25) is 0 Å².